The van der Waals surface area contributed by atoms with Gasteiger partial charge in [-0.25, -0.2) is 8.78 Å². The van der Waals surface area contributed by atoms with Gasteiger partial charge in [0.25, 0.3) is 11.6 Å². The number of thioether (sulfide) groups is 1. The zero-order valence-corrected chi connectivity index (χ0v) is 16.4. The summed E-state index contributed by atoms with van der Waals surface area (Å²) in [5.41, 5.74) is -0.293. The maximum absolute atomic E-state index is 13.5. The largest absolute Gasteiger partial charge is 0.323 e. The third-order valence-electron chi connectivity index (χ3n) is 3.48. The second kappa shape index (κ2) is 9.37. The first-order valence-corrected chi connectivity index (χ1v) is 9.89. The number of nitrogens with zero attached hydrogens (tertiary/aromatic N) is 3. The first kappa shape index (κ1) is 21.3. The summed E-state index contributed by atoms with van der Waals surface area (Å²) in [6.07, 6.45) is 0. The molecule has 9 nitrogen and oxygen atoms in total. The molecule has 0 radical (unpaired) electrons. The number of hydrogen-bond acceptors (Lipinski definition) is 8. The van der Waals surface area contributed by atoms with E-state index in [0.29, 0.717) is 10.4 Å². The van der Waals surface area contributed by atoms with Crippen molar-refractivity contribution in [2.24, 2.45) is 0 Å². The lowest BCUT2D eigenvalue weighted by Gasteiger charge is -2.05. The fourth-order valence-electron chi connectivity index (χ4n) is 2.15. The van der Waals surface area contributed by atoms with Gasteiger partial charge in [0, 0.05) is 23.8 Å². The van der Waals surface area contributed by atoms with Gasteiger partial charge in [0.05, 0.1) is 16.4 Å². The Bertz CT molecular complexity index is 1130. The van der Waals surface area contributed by atoms with E-state index in [1.54, 1.807) is 0 Å². The molecule has 3 aromatic rings. The van der Waals surface area contributed by atoms with Crippen molar-refractivity contribution < 1.29 is 23.3 Å². The summed E-state index contributed by atoms with van der Waals surface area (Å²) in [4.78, 5) is 34.3. The summed E-state index contributed by atoms with van der Waals surface area (Å²) in [5.74, 6) is -2.91. The normalized spacial score (nSPS) is 10.5. The molecule has 0 aliphatic carbocycles. The number of carbonyl (C=O) groups is 2. The molecule has 0 unspecified atom stereocenters. The third-order valence-corrected chi connectivity index (χ3v) is 5.45. The fourth-order valence-corrected chi connectivity index (χ4v) is 3.70. The van der Waals surface area contributed by atoms with E-state index < -0.39 is 28.4 Å². The Morgan fingerprint density at radius 1 is 1.13 bits per heavy atom. The van der Waals surface area contributed by atoms with Gasteiger partial charge >= 0.3 is 0 Å². The van der Waals surface area contributed by atoms with Crippen LogP contribution < -0.4 is 10.6 Å². The third kappa shape index (κ3) is 5.55. The molecule has 0 fully saturated rings. The maximum Gasteiger partial charge on any atom is 0.270 e. The standard InChI is InChI=1S/C17H11F2N5O4S2/c18-10-4-5-13(12(19)7-10)20-14(25)8-29-17-23-22-16(30-17)21-15(26)9-2-1-3-11(6-9)24(27)28/h1-7H,8H2,(H,20,25)(H,21,22,26). The molecular weight excluding hydrogens is 440 g/mol. The van der Waals surface area contributed by atoms with Crippen molar-refractivity contribution in [3.05, 3.63) is 69.8 Å². The summed E-state index contributed by atoms with van der Waals surface area (Å²) >= 11 is 1.99. The lowest BCUT2D eigenvalue weighted by atomic mass is 10.2. The van der Waals surface area contributed by atoms with Gasteiger partial charge in [-0.2, -0.15) is 0 Å². The first-order chi connectivity index (χ1) is 14.3. The van der Waals surface area contributed by atoms with Crippen LogP contribution in [0, 0.1) is 21.7 Å². The van der Waals surface area contributed by atoms with Gasteiger partial charge < -0.3 is 5.32 Å². The number of anilines is 2. The van der Waals surface area contributed by atoms with E-state index >= 15 is 0 Å². The van der Waals surface area contributed by atoms with E-state index in [2.05, 4.69) is 20.8 Å². The Hall–Kier alpha value is -3.45. The summed E-state index contributed by atoms with van der Waals surface area (Å²) in [7, 11) is 0. The molecule has 0 atom stereocenters. The predicted octanol–water partition coefficient (Wildman–Crippen LogP) is 3.71. The van der Waals surface area contributed by atoms with E-state index in [1.807, 2.05) is 0 Å². The molecule has 0 saturated carbocycles. The summed E-state index contributed by atoms with van der Waals surface area (Å²) < 4.78 is 26.8. The smallest absolute Gasteiger partial charge is 0.270 e. The average Bonchev–Trinajstić information content (AvgIpc) is 3.16. The molecule has 2 amide bonds. The van der Waals surface area contributed by atoms with Crippen molar-refractivity contribution in [3.8, 4) is 0 Å². The molecule has 2 N–H and O–H groups in total. The highest BCUT2D eigenvalue weighted by Crippen LogP contribution is 2.26. The number of non-ortho nitro benzene ring substituents is 1. The number of halogens is 2. The molecular formula is C17H11F2N5O4S2. The van der Waals surface area contributed by atoms with Crippen LogP contribution in [0.4, 0.5) is 25.3 Å². The number of rotatable bonds is 7. The number of amides is 2. The average molecular weight is 451 g/mol. The summed E-state index contributed by atoms with van der Waals surface area (Å²) in [6.45, 7) is 0. The Morgan fingerprint density at radius 2 is 1.93 bits per heavy atom. The van der Waals surface area contributed by atoms with Crippen LogP contribution in [0.2, 0.25) is 0 Å². The summed E-state index contributed by atoms with van der Waals surface area (Å²) in [6, 6.07) is 7.98. The van der Waals surface area contributed by atoms with Gasteiger partial charge in [0.2, 0.25) is 11.0 Å². The zero-order chi connectivity index (χ0) is 21.7. The molecule has 0 aliphatic heterocycles. The molecule has 2 aromatic carbocycles. The van der Waals surface area contributed by atoms with Crippen LogP contribution >= 0.6 is 23.1 Å². The minimum Gasteiger partial charge on any atom is -0.323 e. The topological polar surface area (TPSA) is 127 Å². The number of nitrogens with one attached hydrogen (secondary N) is 2. The van der Waals surface area contributed by atoms with Crippen LogP contribution in [-0.2, 0) is 4.79 Å². The highest BCUT2D eigenvalue weighted by Gasteiger charge is 2.15. The SMILES string of the molecule is O=C(CSc1nnc(NC(=O)c2cccc([N+](=O)[O-])c2)s1)Nc1ccc(F)cc1F. The van der Waals surface area contributed by atoms with Crippen LogP contribution in [0.5, 0.6) is 0 Å². The minimum atomic E-state index is -0.893. The zero-order valence-electron chi connectivity index (χ0n) is 14.8. The molecule has 3 rings (SSSR count). The van der Waals surface area contributed by atoms with Crippen molar-refractivity contribution in [3.63, 3.8) is 0 Å². The lowest BCUT2D eigenvalue weighted by Crippen LogP contribution is -2.15. The van der Waals surface area contributed by atoms with Crippen LogP contribution in [-0.4, -0.2) is 32.7 Å². The van der Waals surface area contributed by atoms with Gasteiger partial charge in [-0.3, -0.25) is 25.0 Å². The molecule has 0 aliphatic rings. The highest BCUT2D eigenvalue weighted by atomic mass is 32.2. The van der Waals surface area contributed by atoms with Crippen LogP contribution in [0.3, 0.4) is 0 Å². The number of nitro groups is 1. The summed E-state index contributed by atoms with van der Waals surface area (Å²) in [5, 5.41) is 23.3. The van der Waals surface area contributed by atoms with E-state index in [-0.39, 0.29) is 27.8 Å². The quantitative estimate of drug-likeness (QED) is 0.243. The molecule has 1 aromatic heterocycles. The van der Waals surface area contributed by atoms with Crippen molar-refractivity contribution in [1.82, 2.24) is 10.2 Å². The van der Waals surface area contributed by atoms with E-state index in [4.69, 9.17) is 0 Å². The van der Waals surface area contributed by atoms with E-state index in [1.165, 1.54) is 18.2 Å². The predicted molar refractivity (Wildman–Crippen MR) is 107 cm³/mol. The number of aromatic nitrogens is 2. The Balaban J connectivity index is 1.54. The molecule has 154 valence electrons. The van der Waals surface area contributed by atoms with Crippen molar-refractivity contribution in [2.45, 2.75) is 4.34 Å². The van der Waals surface area contributed by atoms with E-state index in [9.17, 15) is 28.5 Å². The monoisotopic (exact) mass is 451 g/mol. The van der Waals surface area contributed by atoms with Gasteiger partial charge in [0.15, 0.2) is 4.34 Å². The fraction of sp³-hybridized carbons (Fsp3) is 0.0588. The van der Waals surface area contributed by atoms with Crippen molar-refractivity contribution >= 4 is 51.4 Å². The highest BCUT2D eigenvalue weighted by molar-refractivity contribution is 8.01. The van der Waals surface area contributed by atoms with E-state index in [0.717, 1.165) is 41.3 Å². The molecule has 0 saturated heterocycles. The number of carbonyl (C=O) groups excluding carboxylic acids is 2. The lowest BCUT2D eigenvalue weighted by molar-refractivity contribution is -0.384. The molecule has 30 heavy (non-hydrogen) atoms. The minimum absolute atomic E-state index is 0.0781. The Labute approximate surface area is 175 Å². The molecule has 13 heteroatoms. The van der Waals surface area contributed by atoms with Gasteiger partial charge in [-0.05, 0) is 18.2 Å². The number of benzene rings is 2. The van der Waals surface area contributed by atoms with Crippen LogP contribution in [0.25, 0.3) is 0 Å². The van der Waals surface area contributed by atoms with Crippen molar-refractivity contribution in [1.29, 1.82) is 0 Å². The second-order valence-corrected chi connectivity index (χ2v) is 7.80. The number of hydrogen-bond donors (Lipinski definition) is 2. The van der Waals surface area contributed by atoms with Crippen LogP contribution in [0.15, 0.2) is 46.8 Å². The van der Waals surface area contributed by atoms with Gasteiger partial charge in [0.1, 0.15) is 11.6 Å². The second-order valence-electron chi connectivity index (χ2n) is 5.60. The molecule has 0 bridgehead atoms. The Kier molecular flexibility index (Phi) is 6.64. The van der Waals surface area contributed by atoms with Crippen LogP contribution in [0.1, 0.15) is 10.4 Å². The Morgan fingerprint density at radius 3 is 2.67 bits per heavy atom. The van der Waals surface area contributed by atoms with Crippen molar-refractivity contribution in [2.75, 3.05) is 16.4 Å². The first-order valence-electron chi connectivity index (χ1n) is 8.09. The van der Waals surface area contributed by atoms with Gasteiger partial charge in [-0.15, -0.1) is 10.2 Å². The maximum atomic E-state index is 13.5. The molecule has 1 heterocycles. The molecule has 0 spiro atoms. The number of nitro benzene ring substituents is 1. The van der Waals surface area contributed by atoms with Gasteiger partial charge in [-0.1, -0.05) is 29.2 Å².